The van der Waals surface area contributed by atoms with E-state index in [1.54, 1.807) is 78.9 Å². The Morgan fingerprint density at radius 2 is 1.57 bits per heavy atom. The van der Waals surface area contributed by atoms with E-state index in [1.165, 1.54) is 38.5 Å². The summed E-state index contributed by atoms with van der Waals surface area (Å²) in [5.41, 5.74) is 9.14. The van der Waals surface area contributed by atoms with Crippen molar-refractivity contribution in [2.75, 3.05) is 51.6 Å². The summed E-state index contributed by atoms with van der Waals surface area (Å²) >= 11 is 0. The third-order valence-electron chi connectivity index (χ3n) is 8.61. The van der Waals surface area contributed by atoms with Crippen LogP contribution < -0.4 is 21.1 Å². The number of para-hydroxylation sites is 2. The fraction of sp³-hybridized carbons (Fsp3) is 0.256. The van der Waals surface area contributed by atoms with Gasteiger partial charge in [0.1, 0.15) is 5.75 Å². The summed E-state index contributed by atoms with van der Waals surface area (Å²) in [7, 11) is -1.21. The monoisotopic (exact) mass is 758 g/mol. The Morgan fingerprint density at radius 3 is 2.22 bits per heavy atom. The highest BCUT2D eigenvalue weighted by Crippen LogP contribution is 2.32. The molecule has 0 aliphatic carbocycles. The summed E-state index contributed by atoms with van der Waals surface area (Å²) in [6, 6.07) is 26.3. The summed E-state index contributed by atoms with van der Waals surface area (Å²) in [6.45, 7) is -0.675. The number of carbonyl (C=O) groups excluding carboxylic acids is 3. The van der Waals surface area contributed by atoms with Gasteiger partial charge in [-0.1, -0.05) is 36.4 Å². The summed E-state index contributed by atoms with van der Waals surface area (Å²) in [4.78, 5) is 38.2. The zero-order chi connectivity index (χ0) is 38.7. The van der Waals surface area contributed by atoms with E-state index < -0.39 is 34.8 Å². The predicted octanol–water partition coefficient (Wildman–Crippen LogP) is 4.05. The summed E-state index contributed by atoms with van der Waals surface area (Å²) in [5, 5.41) is 15.3. The average molecular weight is 759 g/mol. The van der Waals surface area contributed by atoms with E-state index in [2.05, 4.69) is 10.6 Å². The van der Waals surface area contributed by atoms with Crippen LogP contribution in [0.15, 0.2) is 114 Å². The van der Waals surface area contributed by atoms with Crippen LogP contribution in [0.3, 0.4) is 0 Å². The number of rotatable bonds is 16. The lowest BCUT2D eigenvalue weighted by molar-refractivity contribution is -0.146. The number of hydrogen-bond donors (Lipinski definition) is 4. The van der Waals surface area contributed by atoms with Crippen LogP contribution in [-0.2, 0) is 35.6 Å². The van der Waals surface area contributed by atoms with Gasteiger partial charge >= 0.3 is 5.97 Å². The molecule has 1 aliphatic heterocycles. The fourth-order valence-corrected chi connectivity index (χ4v) is 7.05. The van der Waals surface area contributed by atoms with Gasteiger partial charge in [0.15, 0.2) is 5.76 Å². The van der Waals surface area contributed by atoms with Crippen molar-refractivity contribution >= 4 is 39.2 Å². The van der Waals surface area contributed by atoms with Crippen LogP contribution >= 0.6 is 0 Å². The number of methoxy groups -OCH3 is 2. The Hall–Kier alpha value is -5.74. The maximum Gasteiger partial charge on any atom is 0.337 e. The lowest BCUT2D eigenvalue weighted by Gasteiger charge is -2.30. The van der Waals surface area contributed by atoms with Crippen molar-refractivity contribution in [1.29, 1.82) is 0 Å². The molecule has 0 aromatic heterocycles. The zero-order valence-electron chi connectivity index (χ0n) is 29.8. The number of ether oxygens (including phenoxy) is 4. The predicted molar refractivity (Wildman–Crippen MR) is 200 cm³/mol. The standard InChI is InChI=1S/C39H42N4O10S/c1-50-31-15-17-32(18-16-31)54(48,49)43(19-21-44)20-22-52-36-24-30(27-11-13-29(14-12-27)39(47)51-2)23-35(53-36)38(46)41-25-26-7-9-28(10-8-26)37(45)42-34-6-4-3-5-33(34)40/h3-18,23,30,36,44H,19-22,24-25,40H2,1-2H3,(H,41,46)(H,42,45)/t30-,36+/m0/s1. The number of carbonyl (C=O) groups is 3. The van der Waals surface area contributed by atoms with E-state index in [9.17, 15) is 27.9 Å². The third-order valence-corrected chi connectivity index (χ3v) is 10.5. The van der Waals surface area contributed by atoms with Gasteiger partial charge in [0.2, 0.25) is 16.3 Å². The molecule has 0 bridgehead atoms. The first-order valence-corrected chi connectivity index (χ1v) is 18.4. The number of nitrogens with zero attached hydrogens (tertiary/aromatic N) is 1. The number of benzene rings is 4. The number of aliphatic hydroxyl groups excluding tert-OH is 1. The van der Waals surface area contributed by atoms with E-state index in [0.717, 1.165) is 15.4 Å². The van der Waals surface area contributed by atoms with Crippen molar-refractivity contribution in [3.8, 4) is 5.75 Å². The molecule has 0 fully saturated rings. The van der Waals surface area contributed by atoms with Gasteiger partial charge < -0.3 is 40.4 Å². The summed E-state index contributed by atoms with van der Waals surface area (Å²) in [6.07, 6.45) is 0.992. The van der Waals surface area contributed by atoms with Gasteiger partial charge in [0.25, 0.3) is 11.8 Å². The molecule has 14 nitrogen and oxygen atoms in total. The molecule has 2 atom stereocenters. The van der Waals surface area contributed by atoms with E-state index in [1.807, 2.05) is 0 Å². The average Bonchev–Trinajstić information content (AvgIpc) is 3.20. The SMILES string of the molecule is COC(=O)c1ccc([C@H]2C=C(C(=O)NCc3ccc(C(=O)Nc4ccccc4N)cc3)O[C@@H](OCCN(CCO)S(=O)(=O)c3ccc(OC)cc3)C2)cc1. The Balaban J connectivity index is 1.26. The number of sulfonamides is 1. The second-order valence-corrected chi connectivity index (χ2v) is 14.1. The molecular formula is C39H42N4O10S. The molecular weight excluding hydrogens is 717 g/mol. The molecule has 5 rings (SSSR count). The number of allylic oxidation sites excluding steroid dienone is 1. The molecule has 284 valence electrons. The lowest BCUT2D eigenvalue weighted by Crippen LogP contribution is -2.38. The van der Waals surface area contributed by atoms with Crippen LogP contribution in [0.5, 0.6) is 5.75 Å². The van der Waals surface area contributed by atoms with Crippen molar-refractivity contribution in [3.05, 3.63) is 131 Å². The van der Waals surface area contributed by atoms with Crippen LogP contribution in [0.25, 0.3) is 0 Å². The number of nitrogens with two attached hydrogens (primary N) is 1. The zero-order valence-corrected chi connectivity index (χ0v) is 30.6. The van der Waals surface area contributed by atoms with Crippen molar-refractivity contribution in [2.45, 2.75) is 30.1 Å². The second kappa shape index (κ2) is 18.3. The Morgan fingerprint density at radius 1 is 0.889 bits per heavy atom. The molecule has 4 aromatic rings. The Kier molecular flexibility index (Phi) is 13.4. The van der Waals surface area contributed by atoms with Crippen LogP contribution in [0.2, 0.25) is 0 Å². The molecule has 54 heavy (non-hydrogen) atoms. The Labute approximate surface area is 313 Å². The topological polar surface area (TPSA) is 196 Å². The largest absolute Gasteiger partial charge is 0.497 e. The quantitative estimate of drug-likeness (QED) is 0.0951. The van der Waals surface area contributed by atoms with Crippen molar-refractivity contribution in [3.63, 3.8) is 0 Å². The molecule has 0 unspecified atom stereocenters. The number of amides is 2. The van der Waals surface area contributed by atoms with E-state index >= 15 is 0 Å². The van der Waals surface area contributed by atoms with Gasteiger partial charge in [-0.2, -0.15) is 4.31 Å². The minimum atomic E-state index is -3.98. The third kappa shape index (κ3) is 10.0. The minimum absolute atomic E-state index is 0.0113. The molecule has 1 aliphatic rings. The molecule has 0 radical (unpaired) electrons. The first-order valence-electron chi connectivity index (χ1n) is 17.0. The molecule has 4 aromatic carbocycles. The Bertz CT molecular complexity index is 2050. The molecule has 0 saturated heterocycles. The summed E-state index contributed by atoms with van der Waals surface area (Å²) in [5.74, 6) is -1.23. The van der Waals surface area contributed by atoms with E-state index in [4.69, 9.17) is 24.7 Å². The highest BCUT2D eigenvalue weighted by molar-refractivity contribution is 7.89. The van der Waals surface area contributed by atoms with Gasteiger partial charge in [-0.3, -0.25) is 9.59 Å². The van der Waals surface area contributed by atoms with Gasteiger partial charge in [-0.05, 0) is 77.9 Å². The highest BCUT2D eigenvalue weighted by atomic mass is 32.2. The molecule has 1 heterocycles. The maximum absolute atomic E-state index is 13.5. The number of hydrogen-bond acceptors (Lipinski definition) is 11. The van der Waals surface area contributed by atoms with Crippen LogP contribution in [0, 0.1) is 0 Å². The van der Waals surface area contributed by atoms with Crippen LogP contribution in [0.4, 0.5) is 11.4 Å². The van der Waals surface area contributed by atoms with Gasteiger partial charge in [-0.15, -0.1) is 0 Å². The number of nitrogens with one attached hydrogen (secondary N) is 2. The van der Waals surface area contributed by atoms with Gasteiger partial charge in [0.05, 0.1) is 49.3 Å². The maximum atomic E-state index is 13.5. The minimum Gasteiger partial charge on any atom is -0.497 e. The smallest absolute Gasteiger partial charge is 0.337 e. The second-order valence-electron chi connectivity index (χ2n) is 12.1. The fourth-order valence-electron chi connectivity index (χ4n) is 5.63. The summed E-state index contributed by atoms with van der Waals surface area (Å²) < 4.78 is 49.8. The number of esters is 1. The molecule has 15 heteroatoms. The molecule has 0 spiro atoms. The first-order chi connectivity index (χ1) is 26.0. The van der Waals surface area contributed by atoms with Crippen molar-refractivity contribution in [1.82, 2.24) is 9.62 Å². The lowest BCUT2D eigenvalue weighted by atomic mass is 9.92. The molecule has 5 N–H and O–H groups in total. The highest BCUT2D eigenvalue weighted by Gasteiger charge is 2.30. The van der Waals surface area contributed by atoms with Gasteiger partial charge in [-0.25, -0.2) is 13.2 Å². The van der Waals surface area contributed by atoms with E-state index in [-0.39, 0.29) is 55.1 Å². The number of anilines is 2. The van der Waals surface area contributed by atoms with Crippen LogP contribution in [0.1, 0.15) is 44.2 Å². The van der Waals surface area contributed by atoms with Crippen molar-refractivity contribution < 1.29 is 46.9 Å². The van der Waals surface area contributed by atoms with E-state index in [0.29, 0.717) is 28.3 Å². The number of aliphatic hydroxyl groups is 1. The van der Waals surface area contributed by atoms with Crippen LogP contribution in [-0.4, -0.2) is 82.4 Å². The van der Waals surface area contributed by atoms with Gasteiger partial charge in [0, 0.05) is 37.5 Å². The first kappa shape index (κ1) is 39.5. The molecule has 2 amide bonds. The molecule has 0 saturated carbocycles. The van der Waals surface area contributed by atoms with Crippen molar-refractivity contribution in [2.24, 2.45) is 0 Å². The normalized spacial score (nSPS) is 15.4. The number of nitrogen functional groups attached to an aromatic ring is 1.